The van der Waals surface area contributed by atoms with Crippen molar-refractivity contribution in [3.05, 3.63) is 29.8 Å². The third kappa shape index (κ3) is 3.65. The number of benzene rings is 1. The molecule has 0 aliphatic heterocycles. The lowest BCUT2D eigenvalue weighted by Gasteiger charge is -2.11. The molecular formula is C10H10F3N3O2. The van der Waals surface area contributed by atoms with Crippen LogP contribution in [-0.4, -0.2) is 25.0 Å². The van der Waals surface area contributed by atoms with Gasteiger partial charge in [0.2, 0.25) is 0 Å². The van der Waals surface area contributed by atoms with Crippen molar-refractivity contribution in [2.75, 3.05) is 7.11 Å². The predicted octanol–water partition coefficient (Wildman–Crippen LogP) is 1.63. The minimum Gasteiger partial charge on any atom is -0.497 e. The van der Waals surface area contributed by atoms with E-state index in [0.717, 1.165) is 6.07 Å². The van der Waals surface area contributed by atoms with Crippen molar-refractivity contribution in [2.24, 2.45) is 10.8 Å². The molecule has 0 atom stereocenters. The van der Waals surface area contributed by atoms with Gasteiger partial charge in [0.1, 0.15) is 5.75 Å². The highest BCUT2D eigenvalue weighted by Gasteiger charge is 2.37. The molecule has 0 saturated carbocycles. The minimum absolute atomic E-state index is 0.239. The zero-order valence-electron chi connectivity index (χ0n) is 9.28. The summed E-state index contributed by atoms with van der Waals surface area (Å²) < 4.78 is 43.0. The fourth-order valence-corrected chi connectivity index (χ4v) is 1.17. The van der Waals surface area contributed by atoms with Crippen LogP contribution in [0, 0.1) is 0 Å². The van der Waals surface area contributed by atoms with Crippen LogP contribution in [0.15, 0.2) is 29.4 Å². The van der Waals surface area contributed by atoms with Gasteiger partial charge in [0.15, 0.2) is 5.71 Å². The molecule has 0 fully saturated rings. The number of methoxy groups -OCH3 is 1. The van der Waals surface area contributed by atoms with Crippen LogP contribution in [0.5, 0.6) is 5.75 Å². The van der Waals surface area contributed by atoms with Crippen molar-refractivity contribution in [3.63, 3.8) is 0 Å². The number of hydrazone groups is 1. The van der Waals surface area contributed by atoms with E-state index >= 15 is 0 Å². The largest absolute Gasteiger partial charge is 0.497 e. The summed E-state index contributed by atoms with van der Waals surface area (Å²) >= 11 is 0. The Labute approximate surface area is 100 Å². The molecule has 98 valence electrons. The quantitative estimate of drug-likeness (QED) is 0.640. The average molecular weight is 261 g/mol. The summed E-state index contributed by atoms with van der Waals surface area (Å²) in [6, 6.07) is 4.02. The van der Waals surface area contributed by atoms with Gasteiger partial charge in [-0.3, -0.25) is 0 Å². The summed E-state index contributed by atoms with van der Waals surface area (Å²) in [5, 5.41) is 2.95. The van der Waals surface area contributed by atoms with Gasteiger partial charge in [0.05, 0.1) is 7.11 Å². The van der Waals surface area contributed by atoms with E-state index in [1.54, 1.807) is 5.43 Å². The number of amides is 2. The number of nitrogens with two attached hydrogens (primary N) is 1. The number of nitrogens with zero attached hydrogens (tertiary/aromatic N) is 1. The van der Waals surface area contributed by atoms with Gasteiger partial charge in [0, 0.05) is 5.56 Å². The van der Waals surface area contributed by atoms with Crippen LogP contribution in [0.1, 0.15) is 5.56 Å². The fraction of sp³-hybridized carbons (Fsp3) is 0.200. The number of carbonyl (C=O) groups is 1. The number of nitrogens with one attached hydrogen (secondary N) is 1. The maximum absolute atomic E-state index is 12.7. The molecule has 1 aromatic rings. The average Bonchev–Trinajstić information content (AvgIpc) is 2.27. The molecule has 1 rings (SSSR count). The molecular weight excluding hydrogens is 251 g/mol. The van der Waals surface area contributed by atoms with Crippen molar-refractivity contribution in [2.45, 2.75) is 6.18 Å². The van der Waals surface area contributed by atoms with E-state index in [1.165, 1.54) is 25.3 Å². The SMILES string of the molecule is COc1cccc(/C(=N\NC(N)=O)C(F)(F)F)c1. The third-order valence-electron chi connectivity index (χ3n) is 1.89. The van der Waals surface area contributed by atoms with E-state index in [2.05, 4.69) is 10.8 Å². The van der Waals surface area contributed by atoms with Gasteiger partial charge in [-0.25, -0.2) is 10.2 Å². The summed E-state index contributed by atoms with van der Waals surface area (Å²) in [6.45, 7) is 0. The molecule has 0 heterocycles. The molecule has 0 unspecified atom stereocenters. The first-order valence-electron chi connectivity index (χ1n) is 4.69. The van der Waals surface area contributed by atoms with E-state index in [0.29, 0.717) is 0 Å². The number of rotatable bonds is 3. The summed E-state index contributed by atoms with van der Waals surface area (Å²) in [6.07, 6.45) is -4.73. The highest BCUT2D eigenvalue weighted by atomic mass is 19.4. The van der Waals surface area contributed by atoms with Crippen LogP contribution < -0.4 is 15.9 Å². The molecule has 3 N–H and O–H groups in total. The zero-order valence-corrected chi connectivity index (χ0v) is 9.28. The van der Waals surface area contributed by atoms with Gasteiger partial charge in [-0.1, -0.05) is 12.1 Å². The number of carbonyl (C=O) groups excluding carboxylic acids is 1. The van der Waals surface area contributed by atoms with Crippen LogP contribution in [0.4, 0.5) is 18.0 Å². The number of alkyl halides is 3. The smallest absolute Gasteiger partial charge is 0.435 e. The topological polar surface area (TPSA) is 76.7 Å². The summed E-state index contributed by atoms with van der Waals surface area (Å²) in [5.74, 6) is 0.239. The molecule has 1 aromatic carbocycles. The third-order valence-corrected chi connectivity index (χ3v) is 1.89. The normalized spacial score (nSPS) is 12.1. The van der Waals surface area contributed by atoms with Crippen LogP contribution in [0.2, 0.25) is 0 Å². The van der Waals surface area contributed by atoms with Gasteiger partial charge in [-0.15, -0.1) is 0 Å². The van der Waals surface area contributed by atoms with Gasteiger partial charge in [-0.2, -0.15) is 18.3 Å². The van der Waals surface area contributed by atoms with Gasteiger partial charge in [-0.05, 0) is 12.1 Å². The van der Waals surface area contributed by atoms with Crippen molar-refractivity contribution < 1.29 is 22.7 Å². The minimum atomic E-state index is -4.73. The highest BCUT2D eigenvalue weighted by molar-refractivity contribution is 6.05. The van der Waals surface area contributed by atoms with Gasteiger partial charge >= 0.3 is 12.2 Å². The first-order chi connectivity index (χ1) is 8.34. The second-order valence-electron chi connectivity index (χ2n) is 3.17. The number of hydrogen-bond acceptors (Lipinski definition) is 3. The van der Waals surface area contributed by atoms with Crippen molar-refractivity contribution in [1.82, 2.24) is 5.43 Å². The number of primary amides is 1. The molecule has 0 aromatic heterocycles. The zero-order chi connectivity index (χ0) is 13.8. The van der Waals surface area contributed by atoms with Crippen molar-refractivity contribution >= 4 is 11.7 Å². The molecule has 0 saturated heterocycles. The highest BCUT2D eigenvalue weighted by Crippen LogP contribution is 2.24. The molecule has 0 bridgehead atoms. The van der Waals surface area contributed by atoms with E-state index in [9.17, 15) is 18.0 Å². The van der Waals surface area contributed by atoms with Crippen LogP contribution >= 0.6 is 0 Å². The Morgan fingerprint density at radius 2 is 2.11 bits per heavy atom. The molecule has 2 amide bonds. The molecule has 5 nitrogen and oxygen atoms in total. The number of hydrogen-bond donors (Lipinski definition) is 2. The van der Waals surface area contributed by atoms with Crippen LogP contribution in [0.3, 0.4) is 0 Å². The Balaban J connectivity index is 3.17. The summed E-state index contributed by atoms with van der Waals surface area (Å²) in [5.41, 5.74) is 4.72. The molecule has 0 aliphatic rings. The van der Waals surface area contributed by atoms with E-state index in [-0.39, 0.29) is 11.3 Å². The lowest BCUT2D eigenvalue weighted by Crippen LogP contribution is -2.31. The molecule has 0 aliphatic carbocycles. The number of ether oxygens (including phenoxy) is 1. The lowest BCUT2D eigenvalue weighted by atomic mass is 10.1. The van der Waals surface area contributed by atoms with E-state index in [4.69, 9.17) is 4.74 Å². The Bertz CT molecular complexity index is 472. The lowest BCUT2D eigenvalue weighted by molar-refractivity contribution is -0.0583. The second-order valence-corrected chi connectivity index (χ2v) is 3.17. The molecule has 0 spiro atoms. The Morgan fingerprint density at radius 1 is 1.44 bits per heavy atom. The number of halogens is 3. The van der Waals surface area contributed by atoms with E-state index < -0.39 is 17.9 Å². The predicted molar refractivity (Wildman–Crippen MR) is 58.3 cm³/mol. The van der Waals surface area contributed by atoms with E-state index in [1.807, 2.05) is 0 Å². The second kappa shape index (κ2) is 5.39. The van der Waals surface area contributed by atoms with Crippen LogP contribution in [-0.2, 0) is 0 Å². The Morgan fingerprint density at radius 3 is 2.61 bits per heavy atom. The van der Waals surface area contributed by atoms with Crippen molar-refractivity contribution in [3.8, 4) is 5.75 Å². The Kier molecular flexibility index (Phi) is 4.13. The maximum atomic E-state index is 12.7. The number of urea groups is 1. The molecule has 0 radical (unpaired) electrons. The van der Waals surface area contributed by atoms with Crippen LogP contribution in [0.25, 0.3) is 0 Å². The monoisotopic (exact) mass is 261 g/mol. The van der Waals surface area contributed by atoms with Gasteiger partial charge in [0.25, 0.3) is 0 Å². The first kappa shape index (κ1) is 13.8. The first-order valence-corrected chi connectivity index (χ1v) is 4.69. The maximum Gasteiger partial charge on any atom is 0.435 e. The van der Waals surface area contributed by atoms with Gasteiger partial charge < -0.3 is 10.5 Å². The standard InChI is InChI=1S/C10H10F3N3O2/c1-18-7-4-2-3-6(5-7)8(10(11,12)13)15-16-9(14)17/h2-5H,1H3,(H3,14,16,17)/b15-8+. The fourth-order valence-electron chi connectivity index (χ4n) is 1.17. The summed E-state index contributed by atoms with van der Waals surface area (Å²) in [7, 11) is 1.32. The molecule has 18 heavy (non-hydrogen) atoms. The van der Waals surface area contributed by atoms with Crippen molar-refractivity contribution in [1.29, 1.82) is 0 Å². The summed E-state index contributed by atoms with van der Waals surface area (Å²) in [4.78, 5) is 10.4. The Hall–Kier alpha value is -2.25. The molecule has 8 heteroatoms.